The number of nitrogens with two attached hydrogens (primary N) is 1. The van der Waals surface area contributed by atoms with Crippen molar-refractivity contribution in [2.45, 2.75) is 52.0 Å². The molecule has 0 saturated heterocycles. The van der Waals surface area contributed by atoms with E-state index in [1.807, 2.05) is 0 Å². The predicted molar refractivity (Wildman–Crippen MR) is 79.7 cm³/mol. The number of carboxylic acid groups (broad SMARTS) is 1. The molecule has 0 radical (unpaired) electrons. The second kappa shape index (κ2) is 7.67. The minimum absolute atomic E-state index is 0.158. The maximum atomic E-state index is 10.9. The molecule has 1 aromatic rings. The van der Waals surface area contributed by atoms with Crippen LogP contribution in [0.3, 0.4) is 0 Å². The number of carbonyl (C=O) groups is 1. The van der Waals surface area contributed by atoms with Crippen molar-refractivity contribution >= 4 is 17.3 Å². The Bertz CT molecular complexity index is 419. The van der Waals surface area contributed by atoms with Crippen LogP contribution in [0.25, 0.3) is 0 Å². The summed E-state index contributed by atoms with van der Waals surface area (Å²) in [6.45, 7) is 4.35. The Labute approximate surface area is 115 Å². The molecule has 0 spiro atoms. The van der Waals surface area contributed by atoms with Gasteiger partial charge in [-0.3, -0.25) is 0 Å². The standard InChI is InChI=1S/C15H24N2O2/c1-3-5-7-11(6-4-2)17-12-8-9-13(15(18)19)14(16)10-12/h8-11,17H,3-7,16H2,1-2H3,(H,18,19). The molecule has 106 valence electrons. The van der Waals surface area contributed by atoms with Crippen molar-refractivity contribution in [3.05, 3.63) is 23.8 Å². The van der Waals surface area contributed by atoms with Crippen LogP contribution in [-0.2, 0) is 0 Å². The van der Waals surface area contributed by atoms with Crippen LogP contribution in [0.15, 0.2) is 18.2 Å². The third-order valence-electron chi connectivity index (χ3n) is 3.20. The summed E-state index contributed by atoms with van der Waals surface area (Å²) in [6.07, 6.45) is 5.75. The van der Waals surface area contributed by atoms with E-state index in [1.165, 1.54) is 12.8 Å². The Morgan fingerprint density at radius 3 is 2.58 bits per heavy atom. The SMILES string of the molecule is CCCCC(CCC)Nc1ccc(C(=O)O)c(N)c1. The number of anilines is 2. The molecule has 4 nitrogen and oxygen atoms in total. The highest BCUT2D eigenvalue weighted by Gasteiger charge is 2.11. The van der Waals surface area contributed by atoms with Gasteiger partial charge in [0.2, 0.25) is 0 Å². The Balaban J connectivity index is 2.73. The van der Waals surface area contributed by atoms with Gasteiger partial charge in [-0.2, -0.15) is 0 Å². The van der Waals surface area contributed by atoms with Crippen LogP contribution in [0, 0.1) is 0 Å². The number of hydrogen-bond donors (Lipinski definition) is 3. The van der Waals surface area contributed by atoms with Gasteiger partial charge in [-0.1, -0.05) is 33.1 Å². The predicted octanol–water partition coefficient (Wildman–Crippen LogP) is 3.74. The molecular formula is C15H24N2O2. The fourth-order valence-electron chi connectivity index (χ4n) is 2.17. The first kappa shape index (κ1) is 15.3. The highest BCUT2D eigenvalue weighted by atomic mass is 16.4. The second-order valence-electron chi connectivity index (χ2n) is 4.88. The maximum absolute atomic E-state index is 10.9. The molecule has 4 heteroatoms. The molecule has 0 fully saturated rings. The average Bonchev–Trinajstić information content (AvgIpc) is 2.36. The number of aromatic carboxylic acids is 1. The van der Waals surface area contributed by atoms with Gasteiger partial charge < -0.3 is 16.2 Å². The van der Waals surface area contributed by atoms with Gasteiger partial charge in [0.1, 0.15) is 0 Å². The van der Waals surface area contributed by atoms with Crippen LogP contribution in [0.1, 0.15) is 56.3 Å². The first-order chi connectivity index (χ1) is 9.08. The van der Waals surface area contributed by atoms with Crippen LogP contribution in [0.4, 0.5) is 11.4 Å². The van der Waals surface area contributed by atoms with Crippen molar-refractivity contribution in [2.24, 2.45) is 0 Å². The Morgan fingerprint density at radius 1 is 1.32 bits per heavy atom. The zero-order valence-corrected chi connectivity index (χ0v) is 11.8. The van der Waals surface area contributed by atoms with Gasteiger partial charge in [0.25, 0.3) is 0 Å². The van der Waals surface area contributed by atoms with Crippen molar-refractivity contribution in [3.8, 4) is 0 Å². The Kier molecular flexibility index (Phi) is 6.19. The van der Waals surface area contributed by atoms with Crippen molar-refractivity contribution in [3.63, 3.8) is 0 Å². The van der Waals surface area contributed by atoms with Gasteiger partial charge in [-0.05, 0) is 31.0 Å². The summed E-state index contributed by atoms with van der Waals surface area (Å²) in [5, 5.41) is 12.4. The Hall–Kier alpha value is -1.71. The fraction of sp³-hybridized carbons (Fsp3) is 0.533. The third-order valence-corrected chi connectivity index (χ3v) is 3.20. The third kappa shape index (κ3) is 4.81. The lowest BCUT2D eigenvalue weighted by atomic mass is 10.0. The van der Waals surface area contributed by atoms with E-state index in [2.05, 4.69) is 19.2 Å². The molecule has 4 N–H and O–H groups in total. The molecule has 0 aliphatic heterocycles. The highest BCUT2D eigenvalue weighted by molar-refractivity contribution is 5.94. The molecule has 19 heavy (non-hydrogen) atoms. The number of nitrogen functional groups attached to an aromatic ring is 1. The van der Waals surface area contributed by atoms with E-state index in [9.17, 15) is 4.79 Å². The number of benzene rings is 1. The van der Waals surface area contributed by atoms with Crippen LogP contribution < -0.4 is 11.1 Å². The minimum atomic E-state index is -0.986. The first-order valence-corrected chi connectivity index (χ1v) is 6.97. The van der Waals surface area contributed by atoms with Crippen molar-refractivity contribution < 1.29 is 9.90 Å². The molecular weight excluding hydrogens is 240 g/mol. The molecule has 0 aromatic heterocycles. The summed E-state index contributed by atoms with van der Waals surface area (Å²) in [5.41, 5.74) is 7.12. The minimum Gasteiger partial charge on any atom is -0.478 e. The van der Waals surface area contributed by atoms with E-state index in [-0.39, 0.29) is 5.56 Å². The van der Waals surface area contributed by atoms with E-state index in [0.717, 1.165) is 24.9 Å². The molecule has 1 atom stereocenters. The van der Waals surface area contributed by atoms with E-state index in [0.29, 0.717) is 11.7 Å². The zero-order chi connectivity index (χ0) is 14.3. The van der Waals surface area contributed by atoms with Crippen LogP contribution in [0.5, 0.6) is 0 Å². The number of carboxylic acids is 1. The molecule has 1 unspecified atom stereocenters. The van der Waals surface area contributed by atoms with E-state index >= 15 is 0 Å². The zero-order valence-electron chi connectivity index (χ0n) is 11.8. The first-order valence-electron chi connectivity index (χ1n) is 6.97. The number of nitrogens with one attached hydrogen (secondary N) is 1. The maximum Gasteiger partial charge on any atom is 0.337 e. The van der Waals surface area contributed by atoms with Gasteiger partial charge in [-0.15, -0.1) is 0 Å². The second-order valence-corrected chi connectivity index (χ2v) is 4.88. The molecule has 0 aliphatic rings. The van der Waals surface area contributed by atoms with Gasteiger partial charge in [0.05, 0.1) is 5.56 Å². The van der Waals surface area contributed by atoms with Crippen LogP contribution >= 0.6 is 0 Å². The summed E-state index contributed by atoms with van der Waals surface area (Å²) in [7, 11) is 0. The summed E-state index contributed by atoms with van der Waals surface area (Å²) in [4.78, 5) is 10.9. The lowest BCUT2D eigenvalue weighted by molar-refractivity contribution is 0.0698. The van der Waals surface area contributed by atoms with Crippen LogP contribution in [-0.4, -0.2) is 17.1 Å². The van der Waals surface area contributed by atoms with Gasteiger partial charge >= 0.3 is 5.97 Å². The molecule has 0 heterocycles. The molecule has 1 rings (SSSR count). The molecule has 0 saturated carbocycles. The van der Waals surface area contributed by atoms with E-state index in [4.69, 9.17) is 10.8 Å². The largest absolute Gasteiger partial charge is 0.478 e. The summed E-state index contributed by atoms with van der Waals surface area (Å²) >= 11 is 0. The molecule has 1 aromatic carbocycles. The van der Waals surface area contributed by atoms with E-state index in [1.54, 1.807) is 18.2 Å². The average molecular weight is 264 g/mol. The van der Waals surface area contributed by atoms with Gasteiger partial charge in [0.15, 0.2) is 0 Å². The van der Waals surface area contributed by atoms with E-state index < -0.39 is 5.97 Å². The molecule has 0 amide bonds. The lowest BCUT2D eigenvalue weighted by Gasteiger charge is -2.19. The normalized spacial score (nSPS) is 12.1. The summed E-state index contributed by atoms with van der Waals surface area (Å²) < 4.78 is 0. The molecule has 0 bridgehead atoms. The van der Waals surface area contributed by atoms with Crippen molar-refractivity contribution in [2.75, 3.05) is 11.1 Å². The summed E-state index contributed by atoms with van der Waals surface area (Å²) in [6, 6.07) is 5.48. The number of rotatable bonds is 8. The molecule has 0 aliphatic carbocycles. The highest BCUT2D eigenvalue weighted by Crippen LogP contribution is 2.21. The Morgan fingerprint density at radius 2 is 2.05 bits per heavy atom. The van der Waals surface area contributed by atoms with Gasteiger partial charge in [0, 0.05) is 17.4 Å². The monoisotopic (exact) mass is 264 g/mol. The van der Waals surface area contributed by atoms with Crippen molar-refractivity contribution in [1.29, 1.82) is 0 Å². The van der Waals surface area contributed by atoms with Crippen LogP contribution in [0.2, 0.25) is 0 Å². The van der Waals surface area contributed by atoms with Crippen molar-refractivity contribution in [1.82, 2.24) is 0 Å². The topological polar surface area (TPSA) is 75.3 Å². The number of hydrogen-bond acceptors (Lipinski definition) is 3. The number of unbranched alkanes of at least 4 members (excludes halogenated alkanes) is 1. The smallest absolute Gasteiger partial charge is 0.337 e. The van der Waals surface area contributed by atoms with Gasteiger partial charge in [-0.25, -0.2) is 4.79 Å². The lowest BCUT2D eigenvalue weighted by Crippen LogP contribution is -2.19. The fourth-order valence-corrected chi connectivity index (χ4v) is 2.17. The summed E-state index contributed by atoms with van der Waals surface area (Å²) in [5.74, 6) is -0.986. The quantitative estimate of drug-likeness (QED) is 0.625.